The molecule has 0 bridgehead atoms. The third-order valence-electron chi connectivity index (χ3n) is 12.6. The summed E-state index contributed by atoms with van der Waals surface area (Å²) in [5.41, 5.74) is 13.8. The Bertz CT molecular complexity index is 3800. The SMILES string of the molecule is c1ccc(-c2nc(-c3ccc(-c4cccc5sc6ccccc6c45)cc3)cc(-c3cc(-n4c5ccccc5c5ccccc54)ccc3-n3c4ccccc4c4ccccc43)n2)cc1. The lowest BCUT2D eigenvalue weighted by molar-refractivity contribution is 1.13. The standard InChI is InChI=1S/C58H36N4S/c1-2-15-39(16-3-1)58-59-48(38-31-29-37(30-32-38)41-22-14-28-56-57(41)46-21-8-13-27-55(46)63-56)36-49(60-58)47-35-40(61-50-23-9-4-17-42(50)43-18-5-10-24-51(43)61)33-34-54(47)62-52-25-11-6-19-44(52)45-20-7-12-26-53(45)62/h1-36H. The quantitative estimate of drug-likeness (QED) is 0.167. The molecule has 0 saturated carbocycles. The zero-order chi connectivity index (χ0) is 41.4. The van der Waals surface area contributed by atoms with Crippen molar-refractivity contribution in [2.75, 3.05) is 0 Å². The molecule has 9 aromatic carbocycles. The number of thiophene rings is 1. The van der Waals surface area contributed by atoms with E-state index < -0.39 is 0 Å². The van der Waals surface area contributed by atoms with Crippen molar-refractivity contribution >= 4 is 75.1 Å². The summed E-state index contributed by atoms with van der Waals surface area (Å²) in [6, 6.07) is 78.5. The maximum absolute atomic E-state index is 5.47. The fraction of sp³-hybridized carbons (Fsp3) is 0. The van der Waals surface area contributed by atoms with Crippen molar-refractivity contribution < 1.29 is 0 Å². The molecule has 0 spiro atoms. The average molecular weight is 821 g/mol. The molecule has 4 aromatic heterocycles. The number of aromatic nitrogens is 4. The van der Waals surface area contributed by atoms with Crippen molar-refractivity contribution in [2.45, 2.75) is 0 Å². The first kappa shape index (κ1) is 35.6. The van der Waals surface area contributed by atoms with Crippen LogP contribution in [-0.4, -0.2) is 19.1 Å². The Morgan fingerprint density at radius 2 is 0.857 bits per heavy atom. The normalized spacial score (nSPS) is 11.8. The summed E-state index contributed by atoms with van der Waals surface area (Å²) in [6.07, 6.45) is 0. The van der Waals surface area contributed by atoms with Crippen LogP contribution < -0.4 is 0 Å². The van der Waals surface area contributed by atoms with Gasteiger partial charge in [0, 0.05) is 64.1 Å². The molecule has 63 heavy (non-hydrogen) atoms. The van der Waals surface area contributed by atoms with Crippen LogP contribution in [0, 0.1) is 0 Å². The zero-order valence-corrected chi connectivity index (χ0v) is 34.8. The fourth-order valence-electron chi connectivity index (χ4n) is 9.73. The van der Waals surface area contributed by atoms with Gasteiger partial charge in [0.25, 0.3) is 0 Å². The smallest absolute Gasteiger partial charge is 0.160 e. The first-order valence-electron chi connectivity index (χ1n) is 21.3. The Labute approximate surface area is 367 Å². The second-order valence-corrected chi connectivity index (χ2v) is 17.2. The maximum atomic E-state index is 5.47. The first-order chi connectivity index (χ1) is 31.2. The van der Waals surface area contributed by atoms with Crippen LogP contribution in [0.2, 0.25) is 0 Å². The van der Waals surface area contributed by atoms with Gasteiger partial charge in [-0.15, -0.1) is 11.3 Å². The van der Waals surface area contributed by atoms with E-state index in [0.717, 1.165) is 61.5 Å². The highest BCUT2D eigenvalue weighted by Gasteiger charge is 2.21. The molecule has 0 N–H and O–H groups in total. The van der Waals surface area contributed by atoms with E-state index in [-0.39, 0.29) is 0 Å². The number of benzene rings is 9. The number of hydrogen-bond acceptors (Lipinski definition) is 3. The number of hydrogen-bond donors (Lipinski definition) is 0. The Morgan fingerprint density at radius 1 is 0.333 bits per heavy atom. The molecule has 0 saturated heterocycles. The molecule has 0 fully saturated rings. The predicted octanol–water partition coefficient (Wildman–Crippen LogP) is 15.7. The van der Waals surface area contributed by atoms with E-state index in [1.165, 1.54) is 52.8 Å². The van der Waals surface area contributed by atoms with E-state index in [2.05, 4.69) is 221 Å². The summed E-state index contributed by atoms with van der Waals surface area (Å²) in [6.45, 7) is 0. The Kier molecular flexibility index (Phi) is 8.05. The van der Waals surface area contributed by atoms with Crippen LogP contribution in [-0.2, 0) is 0 Å². The van der Waals surface area contributed by atoms with Gasteiger partial charge in [0.05, 0.1) is 39.1 Å². The Morgan fingerprint density at radius 3 is 1.51 bits per heavy atom. The van der Waals surface area contributed by atoms with E-state index in [9.17, 15) is 0 Å². The van der Waals surface area contributed by atoms with Crippen molar-refractivity contribution in [1.29, 1.82) is 0 Å². The second-order valence-electron chi connectivity index (χ2n) is 16.1. The largest absolute Gasteiger partial charge is 0.309 e. The van der Waals surface area contributed by atoms with E-state index in [1.807, 2.05) is 17.4 Å². The van der Waals surface area contributed by atoms with Crippen molar-refractivity contribution in [3.8, 4) is 56.4 Å². The first-order valence-corrected chi connectivity index (χ1v) is 22.1. The molecule has 0 aliphatic rings. The van der Waals surface area contributed by atoms with Gasteiger partial charge in [0.2, 0.25) is 0 Å². The van der Waals surface area contributed by atoms with Crippen LogP contribution in [0.15, 0.2) is 218 Å². The highest BCUT2D eigenvalue weighted by molar-refractivity contribution is 7.25. The molecule has 0 atom stereocenters. The Balaban J connectivity index is 1.06. The molecule has 0 aliphatic carbocycles. The van der Waals surface area contributed by atoms with Gasteiger partial charge in [-0.05, 0) is 71.8 Å². The number of rotatable bonds is 6. The summed E-state index contributed by atoms with van der Waals surface area (Å²) in [5.74, 6) is 0.678. The summed E-state index contributed by atoms with van der Waals surface area (Å²) in [5, 5.41) is 7.48. The second kappa shape index (κ2) is 14.2. The zero-order valence-electron chi connectivity index (χ0n) is 34.0. The molecule has 5 heteroatoms. The molecule has 294 valence electrons. The van der Waals surface area contributed by atoms with Crippen LogP contribution in [0.5, 0.6) is 0 Å². The van der Waals surface area contributed by atoms with Crippen LogP contribution in [0.1, 0.15) is 0 Å². The van der Waals surface area contributed by atoms with Crippen LogP contribution in [0.4, 0.5) is 0 Å². The third kappa shape index (κ3) is 5.67. The Hall–Kier alpha value is -8.12. The minimum Gasteiger partial charge on any atom is -0.309 e. The average Bonchev–Trinajstić information content (AvgIpc) is 4.02. The maximum Gasteiger partial charge on any atom is 0.160 e. The number of para-hydroxylation sites is 4. The summed E-state index contributed by atoms with van der Waals surface area (Å²) in [7, 11) is 0. The molecule has 0 aliphatic heterocycles. The van der Waals surface area contributed by atoms with Crippen molar-refractivity contribution in [3.05, 3.63) is 218 Å². The highest BCUT2D eigenvalue weighted by atomic mass is 32.1. The summed E-state index contributed by atoms with van der Waals surface area (Å²) < 4.78 is 7.40. The van der Waals surface area contributed by atoms with Crippen molar-refractivity contribution in [1.82, 2.24) is 19.1 Å². The number of fused-ring (bicyclic) bond motifs is 9. The summed E-state index contributed by atoms with van der Waals surface area (Å²) >= 11 is 1.85. The fourth-order valence-corrected chi connectivity index (χ4v) is 10.9. The van der Waals surface area contributed by atoms with Crippen LogP contribution in [0.25, 0.3) is 120 Å². The monoisotopic (exact) mass is 820 g/mol. The van der Waals surface area contributed by atoms with E-state index in [4.69, 9.17) is 9.97 Å². The van der Waals surface area contributed by atoms with Gasteiger partial charge in [-0.2, -0.15) is 0 Å². The molecule has 13 aromatic rings. The van der Waals surface area contributed by atoms with Gasteiger partial charge < -0.3 is 9.13 Å². The summed E-state index contributed by atoms with van der Waals surface area (Å²) in [4.78, 5) is 10.8. The van der Waals surface area contributed by atoms with Crippen LogP contribution in [0.3, 0.4) is 0 Å². The minimum atomic E-state index is 0.678. The lowest BCUT2D eigenvalue weighted by atomic mass is 9.97. The van der Waals surface area contributed by atoms with Gasteiger partial charge in [0.15, 0.2) is 5.82 Å². The highest BCUT2D eigenvalue weighted by Crippen LogP contribution is 2.42. The van der Waals surface area contributed by atoms with E-state index >= 15 is 0 Å². The third-order valence-corrected chi connectivity index (χ3v) is 13.7. The molecular weight excluding hydrogens is 785 g/mol. The van der Waals surface area contributed by atoms with Gasteiger partial charge in [0.1, 0.15) is 0 Å². The molecule has 13 rings (SSSR count). The van der Waals surface area contributed by atoms with Gasteiger partial charge in [-0.25, -0.2) is 9.97 Å². The van der Waals surface area contributed by atoms with Gasteiger partial charge in [-0.3, -0.25) is 0 Å². The van der Waals surface area contributed by atoms with Crippen molar-refractivity contribution in [2.24, 2.45) is 0 Å². The van der Waals surface area contributed by atoms with Gasteiger partial charge in [-0.1, -0.05) is 158 Å². The van der Waals surface area contributed by atoms with E-state index in [0.29, 0.717) is 5.82 Å². The molecule has 0 amide bonds. The molecule has 4 nitrogen and oxygen atoms in total. The molecule has 0 unspecified atom stereocenters. The minimum absolute atomic E-state index is 0.678. The molecular formula is C58H36N4S. The topological polar surface area (TPSA) is 35.6 Å². The molecule has 0 radical (unpaired) electrons. The lowest BCUT2D eigenvalue weighted by Crippen LogP contribution is -2.03. The van der Waals surface area contributed by atoms with Crippen LogP contribution >= 0.6 is 11.3 Å². The number of nitrogens with zero attached hydrogens (tertiary/aromatic N) is 4. The van der Waals surface area contributed by atoms with Gasteiger partial charge >= 0.3 is 0 Å². The predicted molar refractivity (Wildman–Crippen MR) is 265 cm³/mol. The molecule has 4 heterocycles. The lowest BCUT2D eigenvalue weighted by Gasteiger charge is -2.18. The van der Waals surface area contributed by atoms with E-state index in [1.54, 1.807) is 0 Å². The van der Waals surface area contributed by atoms with Crippen molar-refractivity contribution in [3.63, 3.8) is 0 Å².